The number of ether oxygens (including phenoxy) is 1. The molecule has 1 aromatic heterocycles. The van der Waals surface area contributed by atoms with Crippen LogP contribution in [0.2, 0.25) is 0 Å². The molecule has 1 aromatic carbocycles. The van der Waals surface area contributed by atoms with Crippen molar-refractivity contribution in [3.8, 4) is 5.88 Å². The Hall–Kier alpha value is -2.97. The van der Waals surface area contributed by atoms with Crippen LogP contribution in [0.1, 0.15) is 71.1 Å². The normalized spacial score (nSPS) is 16.3. The summed E-state index contributed by atoms with van der Waals surface area (Å²) < 4.78 is 5.34. The van der Waals surface area contributed by atoms with Gasteiger partial charge < -0.3 is 20.7 Å². The van der Waals surface area contributed by atoms with Gasteiger partial charge in [-0.25, -0.2) is 4.98 Å². The van der Waals surface area contributed by atoms with Gasteiger partial charge in [0.05, 0.1) is 23.8 Å². The number of nitrogens with two attached hydrogens (primary N) is 1. The molecule has 3 N–H and O–H groups in total. The van der Waals surface area contributed by atoms with Crippen molar-refractivity contribution in [2.24, 2.45) is 5.73 Å². The summed E-state index contributed by atoms with van der Waals surface area (Å²) in [7, 11) is 1.55. The minimum Gasteiger partial charge on any atom is -0.481 e. The molecule has 33 heavy (non-hydrogen) atoms. The highest BCUT2D eigenvalue weighted by atomic mass is 16.5. The molecule has 3 heterocycles. The number of hydrogen-bond donors (Lipinski definition) is 2. The molecule has 0 aliphatic carbocycles. The lowest BCUT2D eigenvalue weighted by atomic mass is 10.1. The number of rotatable bonds is 8. The number of amides is 2. The van der Waals surface area contributed by atoms with E-state index >= 15 is 0 Å². The van der Waals surface area contributed by atoms with Gasteiger partial charge in [0.25, 0.3) is 11.8 Å². The van der Waals surface area contributed by atoms with Crippen LogP contribution in [0.3, 0.4) is 0 Å². The minimum absolute atomic E-state index is 0.220. The molecule has 4 rings (SSSR count). The third kappa shape index (κ3) is 5.34. The van der Waals surface area contributed by atoms with Crippen LogP contribution in [-0.2, 0) is 0 Å². The maximum absolute atomic E-state index is 12.9. The number of methoxy groups -OCH3 is 1. The monoisotopic (exact) mass is 453 g/mol. The smallest absolute Gasteiger partial charge is 0.261 e. The molecule has 1 atom stereocenters. The fraction of sp³-hybridized carbons (Fsp3) is 0.480. The Morgan fingerprint density at radius 3 is 2.48 bits per heavy atom. The molecule has 1 unspecified atom stereocenters. The maximum Gasteiger partial charge on any atom is 0.261 e. The molecule has 1 fully saturated rings. The maximum atomic E-state index is 12.9. The van der Waals surface area contributed by atoms with E-state index < -0.39 is 6.17 Å². The molecular formula is C25H35N5O3. The molecule has 0 spiro atoms. The summed E-state index contributed by atoms with van der Waals surface area (Å²) in [5.74, 6) is -0.00702. The summed E-state index contributed by atoms with van der Waals surface area (Å²) in [5.41, 5.74) is 9.58. The molecule has 0 saturated carbocycles. The van der Waals surface area contributed by atoms with Crippen LogP contribution < -0.4 is 15.8 Å². The zero-order chi connectivity index (χ0) is 24.0. The first-order chi connectivity index (χ1) is 16.0. The highest BCUT2D eigenvalue weighted by Gasteiger charge is 2.35. The number of fused-ring (bicyclic) bond motifs is 1. The number of aromatic nitrogens is 1. The standard InChI is InChI=1S/C23H29N5O3.C2H6/c1-15-8-9-25-21(31-2)19(15)20(24)26-16-6-7-17-18(14-16)23(30)28(22(17)29)13-5-12-27-10-3-4-11-27;1-2/h6-9,14,20,26H,3-5,10-13,24H2,1-2H3;1-2H3. The van der Waals surface area contributed by atoms with Crippen LogP contribution in [0.15, 0.2) is 30.5 Å². The van der Waals surface area contributed by atoms with Gasteiger partial charge in [0.1, 0.15) is 6.17 Å². The first-order valence-corrected chi connectivity index (χ1v) is 11.7. The third-order valence-electron chi connectivity index (χ3n) is 6.02. The van der Waals surface area contributed by atoms with E-state index in [9.17, 15) is 9.59 Å². The van der Waals surface area contributed by atoms with E-state index in [1.807, 2.05) is 26.8 Å². The Morgan fingerprint density at radius 1 is 1.09 bits per heavy atom. The van der Waals surface area contributed by atoms with E-state index in [0.717, 1.165) is 37.2 Å². The van der Waals surface area contributed by atoms with Gasteiger partial charge in [-0.1, -0.05) is 13.8 Å². The van der Waals surface area contributed by atoms with Crippen molar-refractivity contribution < 1.29 is 14.3 Å². The third-order valence-corrected chi connectivity index (χ3v) is 6.02. The second-order valence-corrected chi connectivity index (χ2v) is 8.10. The van der Waals surface area contributed by atoms with Crippen LogP contribution in [0.4, 0.5) is 5.69 Å². The van der Waals surface area contributed by atoms with Gasteiger partial charge in [-0.2, -0.15) is 0 Å². The summed E-state index contributed by atoms with van der Waals surface area (Å²) in [6.07, 6.45) is 4.35. The first kappa shape index (κ1) is 24.7. The van der Waals surface area contributed by atoms with Crippen LogP contribution in [0, 0.1) is 6.92 Å². The Balaban J connectivity index is 0.00000149. The van der Waals surface area contributed by atoms with Crippen LogP contribution >= 0.6 is 0 Å². The highest BCUT2D eigenvalue weighted by molar-refractivity contribution is 6.21. The highest BCUT2D eigenvalue weighted by Crippen LogP contribution is 2.29. The van der Waals surface area contributed by atoms with Crippen molar-refractivity contribution in [3.63, 3.8) is 0 Å². The lowest BCUT2D eigenvalue weighted by Crippen LogP contribution is -2.33. The number of carbonyl (C=O) groups is 2. The minimum atomic E-state index is -0.578. The quantitative estimate of drug-likeness (QED) is 0.465. The second-order valence-electron chi connectivity index (χ2n) is 8.10. The number of hydrogen-bond acceptors (Lipinski definition) is 7. The summed E-state index contributed by atoms with van der Waals surface area (Å²) in [5, 5.41) is 3.20. The van der Waals surface area contributed by atoms with Crippen molar-refractivity contribution in [3.05, 3.63) is 52.7 Å². The van der Waals surface area contributed by atoms with Gasteiger partial charge in [-0.15, -0.1) is 0 Å². The summed E-state index contributed by atoms with van der Waals surface area (Å²) >= 11 is 0. The Bertz CT molecular complexity index is 988. The van der Waals surface area contributed by atoms with Crippen LogP contribution in [0.25, 0.3) is 0 Å². The summed E-state index contributed by atoms with van der Waals surface area (Å²) in [6.45, 7) is 9.52. The molecule has 2 amide bonds. The fourth-order valence-electron chi connectivity index (χ4n) is 4.38. The molecule has 2 aromatic rings. The largest absolute Gasteiger partial charge is 0.481 e. The topological polar surface area (TPSA) is 101 Å². The lowest BCUT2D eigenvalue weighted by Gasteiger charge is -2.19. The number of pyridine rings is 1. The Kier molecular flexibility index (Phi) is 8.41. The van der Waals surface area contributed by atoms with Crippen LogP contribution in [-0.4, -0.2) is 59.9 Å². The number of aryl methyl sites for hydroxylation is 1. The van der Waals surface area contributed by atoms with Crippen molar-refractivity contribution in [2.75, 3.05) is 38.6 Å². The van der Waals surface area contributed by atoms with Crippen molar-refractivity contribution in [1.82, 2.24) is 14.8 Å². The van der Waals surface area contributed by atoms with E-state index in [0.29, 0.717) is 29.2 Å². The number of likely N-dealkylation sites (tertiary alicyclic amines) is 1. The zero-order valence-electron chi connectivity index (χ0n) is 20.1. The van der Waals surface area contributed by atoms with Gasteiger partial charge in [0.15, 0.2) is 0 Å². The molecule has 0 bridgehead atoms. The number of nitrogens with zero attached hydrogens (tertiary/aromatic N) is 3. The molecule has 178 valence electrons. The summed E-state index contributed by atoms with van der Waals surface area (Å²) in [4.78, 5) is 33.6. The SMILES string of the molecule is CC.COc1nccc(C)c1C(N)Nc1ccc2c(c1)C(=O)N(CCCN1CCCC1)C2=O. The van der Waals surface area contributed by atoms with E-state index in [2.05, 4.69) is 15.2 Å². The van der Waals surface area contributed by atoms with Crippen molar-refractivity contribution in [1.29, 1.82) is 0 Å². The van der Waals surface area contributed by atoms with Gasteiger partial charge >= 0.3 is 0 Å². The number of nitrogens with one attached hydrogen (secondary N) is 1. The molecule has 2 aliphatic rings. The zero-order valence-corrected chi connectivity index (χ0v) is 20.1. The number of imide groups is 1. The number of carbonyl (C=O) groups excluding carboxylic acids is 2. The first-order valence-electron chi connectivity index (χ1n) is 11.7. The molecule has 8 nitrogen and oxygen atoms in total. The van der Waals surface area contributed by atoms with E-state index in [4.69, 9.17) is 10.5 Å². The molecule has 2 aliphatic heterocycles. The van der Waals surface area contributed by atoms with E-state index in [1.165, 1.54) is 17.7 Å². The van der Waals surface area contributed by atoms with Crippen LogP contribution in [0.5, 0.6) is 5.88 Å². The fourth-order valence-corrected chi connectivity index (χ4v) is 4.38. The number of benzene rings is 1. The van der Waals surface area contributed by atoms with Crippen molar-refractivity contribution in [2.45, 2.75) is 46.2 Å². The molecular weight excluding hydrogens is 418 g/mol. The van der Waals surface area contributed by atoms with E-state index in [1.54, 1.807) is 31.5 Å². The predicted molar refractivity (Wildman–Crippen MR) is 130 cm³/mol. The van der Waals surface area contributed by atoms with Gasteiger partial charge in [-0.05, 0) is 75.6 Å². The van der Waals surface area contributed by atoms with Gasteiger partial charge in [0.2, 0.25) is 5.88 Å². The Labute approximate surface area is 196 Å². The summed E-state index contributed by atoms with van der Waals surface area (Å²) in [6, 6.07) is 7.03. The average molecular weight is 454 g/mol. The number of anilines is 1. The average Bonchev–Trinajstić information content (AvgIpc) is 3.42. The van der Waals surface area contributed by atoms with Gasteiger partial charge in [0, 0.05) is 18.4 Å². The van der Waals surface area contributed by atoms with E-state index in [-0.39, 0.29) is 11.8 Å². The van der Waals surface area contributed by atoms with Gasteiger partial charge in [-0.3, -0.25) is 14.5 Å². The molecule has 1 saturated heterocycles. The van der Waals surface area contributed by atoms with Crippen molar-refractivity contribution >= 4 is 17.5 Å². The molecule has 8 heteroatoms. The lowest BCUT2D eigenvalue weighted by molar-refractivity contribution is 0.0648. The predicted octanol–water partition coefficient (Wildman–Crippen LogP) is 3.58. The molecule has 0 radical (unpaired) electrons. The second kappa shape index (κ2) is 11.2. The Morgan fingerprint density at radius 2 is 1.79 bits per heavy atom.